The van der Waals surface area contributed by atoms with Crippen molar-refractivity contribution in [2.45, 2.75) is 60.3 Å². The minimum Gasteiger partial charge on any atom is -0.509 e. The molecule has 0 aliphatic carbocycles. The molecule has 0 spiro atoms. The molecule has 3 heterocycles. The van der Waals surface area contributed by atoms with Crippen LogP contribution in [-0.4, -0.2) is 19.3 Å². The zero-order valence-corrected chi connectivity index (χ0v) is 29.8. The van der Waals surface area contributed by atoms with Crippen LogP contribution in [-0.2, 0) is 33.9 Å². The average Bonchev–Trinajstić information content (AvgIpc) is 3.56. The van der Waals surface area contributed by atoms with Gasteiger partial charge in [0.05, 0.1) is 5.69 Å². The van der Waals surface area contributed by atoms with Gasteiger partial charge in [0, 0.05) is 34.5 Å². The summed E-state index contributed by atoms with van der Waals surface area (Å²) in [5.74, 6) is 2.15. The molecule has 0 radical (unpaired) electrons. The van der Waals surface area contributed by atoms with Gasteiger partial charge in [-0.2, -0.15) is 16.7 Å². The third kappa shape index (κ3) is 6.29. The summed E-state index contributed by atoms with van der Waals surface area (Å²) >= 11 is 0. The Kier molecular flexibility index (Phi) is 9.47. The molecule has 5 nitrogen and oxygen atoms in total. The standard InChI is InChI=1S/C41H38N4O.Pt/c1-6-8-12-31-22-33(45-29(5)41(28(4)43-45)32-13-10-9-11-14-32)25-35(23-31)46-34-16-17-36-37-24-30(7-2)15-18-38(37)44(39(36)26-34)40-21-27(3)19-20-42-40;/h9-11,13-24H,6-8,12H2,1-5H3;/q-2;+2. The fraction of sp³-hybridized carbons (Fsp3) is 0.220. The smallest absolute Gasteiger partial charge is 0.509 e. The van der Waals surface area contributed by atoms with Crippen molar-refractivity contribution < 1.29 is 25.8 Å². The van der Waals surface area contributed by atoms with Crippen molar-refractivity contribution in [3.63, 3.8) is 0 Å². The number of ether oxygens (including phenoxy) is 1. The molecule has 238 valence electrons. The second-order valence-corrected chi connectivity index (χ2v) is 12.1. The third-order valence-electron chi connectivity index (χ3n) is 8.76. The zero-order valence-electron chi connectivity index (χ0n) is 27.5. The predicted molar refractivity (Wildman–Crippen MR) is 188 cm³/mol. The van der Waals surface area contributed by atoms with Gasteiger partial charge in [-0.3, -0.25) is 4.68 Å². The molecule has 0 aliphatic rings. The van der Waals surface area contributed by atoms with Gasteiger partial charge in [-0.05, 0) is 73.2 Å². The van der Waals surface area contributed by atoms with Crippen molar-refractivity contribution in [1.29, 1.82) is 0 Å². The van der Waals surface area contributed by atoms with Gasteiger partial charge in [0.1, 0.15) is 5.82 Å². The molecule has 3 aromatic heterocycles. The second kappa shape index (κ2) is 13.7. The summed E-state index contributed by atoms with van der Waals surface area (Å²) in [6.45, 7) is 10.7. The molecular weight excluding hydrogens is 760 g/mol. The van der Waals surface area contributed by atoms with E-state index in [1.165, 1.54) is 16.5 Å². The topological polar surface area (TPSA) is 44.9 Å². The molecule has 7 rings (SSSR count). The van der Waals surface area contributed by atoms with Crippen LogP contribution in [0.25, 0.3) is 44.4 Å². The number of fused-ring (bicyclic) bond motifs is 3. The molecule has 0 unspecified atom stereocenters. The number of unbranched alkanes of at least 4 members (excludes halogenated alkanes) is 1. The first-order valence-electron chi connectivity index (χ1n) is 16.2. The summed E-state index contributed by atoms with van der Waals surface area (Å²) in [4.78, 5) is 4.75. The molecule has 0 fully saturated rings. The van der Waals surface area contributed by atoms with E-state index in [4.69, 9.17) is 14.8 Å². The predicted octanol–water partition coefficient (Wildman–Crippen LogP) is 10.3. The van der Waals surface area contributed by atoms with Gasteiger partial charge >= 0.3 is 21.1 Å². The maximum Gasteiger partial charge on any atom is 2.00 e. The number of hydrogen-bond acceptors (Lipinski definition) is 3. The molecule has 0 saturated carbocycles. The van der Waals surface area contributed by atoms with Crippen molar-refractivity contribution in [3.05, 3.63) is 131 Å². The summed E-state index contributed by atoms with van der Waals surface area (Å²) in [6.07, 6.45) is 6.00. The van der Waals surface area contributed by atoms with Gasteiger partial charge in [0.2, 0.25) is 0 Å². The van der Waals surface area contributed by atoms with Crippen molar-refractivity contribution >= 4 is 21.8 Å². The van der Waals surface area contributed by atoms with Gasteiger partial charge in [-0.15, -0.1) is 35.7 Å². The van der Waals surface area contributed by atoms with Gasteiger partial charge < -0.3 is 9.30 Å². The Morgan fingerprint density at radius 1 is 0.787 bits per heavy atom. The number of rotatable bonds is 9. The first-order chi connectivity index (χ1) is 22.4. The summed E-state index contributed by atoms with van der Waals surface area (Å²) in [7, 11) is 0. The number of aromatic nitrogens is 4. The Morgan fingerprint density at radius 2 is 1.62 bits per heavy atom. The Bertz CT molecular complexity index is 2200. The molecule has 0 aliphatic heterocycles. The van der Waals surface area contributed by atoms with Crippen LogP contribution in [0.5, 0.6) is 11.5 Å². The maximum absolute atomic E-state index is 6.60. The van der Waals surface area contributed by atoms with E-state index in [1.807, 2.05) is 29.1 Å². The van der Waals surface area contributed by atoms with Crippen LogP contribution in [0.4, 0.5) is 0 Å². The fourth-order valence-corrected chi connectivity index (χ4v) is 6.43. The van der Waals surface area contributed by atoms with Crippen LogP contribution in [0.2, 0.25) is 0 Å². The number of hydrogen-bond donors (Lipinski definition) is 0. The molecule has 47 heavy (non-hydrogen) atoms. The van der Waals surface area contributed by atoms with E-state index in [-0.39, 0.29) is 21.1 Å². The maximum atomic E-state index is 6.60. The Labute approximate surface area is 291 Å². The molecule has 0 N–H and O–H groups in total. The van der Waals surface area contributed by atoms with E-state index in [9.17, 15) is 0 Å². The third-order valence-corrected chi connectivity index (χ3v) is 8.76. The summed E-state index contributed by atoms with van der Waals surface area (Å²) in [6, 6.07) is 36.9. The van der Waals surface area contributed by atoms with Crippen molar-refractivity contribution in [2.24, 2.45) is 0 Å². The Hall–Kier alpha value is -4.47. The van der Waals surface area contributed by atoms with E-state index in [0.29, 0.717) is 11.5 Å². The number of benzene rings is 4. The zero-order chi connectivity index (χ0) is 31.8. The van der Waals surface area contributed by atoms with Crippen molar-refractivity contribution in [3.8, 4) is 34.1 Å². The van der Waals surface area contributed by atoms with Crippen molar-refractivity contribution in [2.75, 3.05) is 0 Å². The molecule has 6 heteroatoms. The van der Waals surface area contributed by atoms with Gasteiger partial charge in [-0.1, -0.05) is 81.1 Å². The number of aryl methyl sites for hydroxylation is 4. The molecule has 7 aromatic rings. The van der Waals surface area contributed by atoms with Gasteiger partial charge in [0.15, 0.2) is 0 Å². The molecule has 0 saturated heterocycles. The van der Waals surface area contributed by atoms with Crippen molar-refractivity contribution in [1.82, 2.24) is 19.3 Å². The van der Waals surface area contributed by atoms with E-state index >= 15 is 0 Å². The van der Waals surface area contributed by atoms with E-state index in [0.717, 1.165) is 81.7 Å². The molecule has 0 atom stereocenters. The summed E-state index contributed by atoms with van der Waals surface area (Å²) < 4.78 is 10.8. The molecular formula is C41H38N4OPt. The van der Waals surface area contributed by atoms with Crippen LogP contribution in [0.3, 0.4) is 0 Å². The minimum absolute atomic E-state index is 0. The largest absolute Gasteiger partial charge is 2.00 e. The monoisotopic (exact) mass is 797 g/mol. The Balaban J connectivity index is 0.00000386. The van der Waals surface area contributed by atoms with Crippen LogP contribution in [0, 0.1) is 32.9 Å². The van der Waals surface area contributed by atoms with Crippen LogP contribution in [0.1, 0.15) is 54.8 Å². The fourth-order valence-electron chi connectivity index (χ4n) is 6.43. The SMILES string of the molecule is CCCCc1cc(Oc2[c-]c3c(cc2)c2cc(CC)ccc2n3-c2cc(C)ccn2)[c-]c(-n2nc(C)c(-c3ccccc3)c2C)c1.[Pt+2]. The number of pyridine rings is 1. The number of nitrogens with zero attached hydrogens (tertiary/aromatic N) is 4. The summed E-state index contributed by atoms with van der Waals surface area (Å²) in [5, 5.41) is 7.28. The summed E-state index contributed by atoms with van der Waals surface area (Å²) in [5.41, 5.74) is 10.9. The molecule has 4 aromatic carbocycles. The van der Waals surface area contributed by atoms with Crippen LogP contribution >= 0.6 is 0 Å². The molecule has 0 bridgehead atoms. The van der Waals surface area contributed by atoms with E-state index in [1.54, 1.807) is 0 Å². The van der Waals surface area contributed by atoms with Gasteiger partial charge in [0.25, 0.3) is 0 Å². The van der Waals surface area contributed by atoms with Gasteiger partial charge in [-0.25, -0.2) is 4.98 Å². The van der Waals surface area contributed by atoms with Crippen LogP contribution in [0.15, 0.2) is 91.1 Å². The second-order valence-electron chi connectivity index (χ2n) is 12.1. The minimum atomic E-state index is 0. The normalized spacial score (nSPS) is 11.3. The Morgan fingerprint density at radius 3 is 2.38 bits per heavy atom. The van der Waals surface area contributed by atoms with E-state index in [2.05, 4.69) is 118 Å². The first-order valence-corrected chi connectivity index (χ1v) is 16.2. The molecule has 0 amide bonds. The quantitative estimate of drug-likeness (QED) is 0.137. The first kappa shape index (κ1) is 32.5. The average molecular weight is 798 g/mol. The van der Waals surface area contributed by atoms with Crippen LogP contribution < -0.4 is 4.74 Å². The van der Waals surface area contributed by atoms with E-state index < -0.39 is 0 Å².